The van der Waals surface area contributed by atoms with Crippen LogP contribution in [0, 0.1) is 6.92 Å². The predicted octanol–water partition coefficient (Wildman–Crippen LogP) is 3.93. The van der Waals surface area contributed by atoms with Crippen molar-refractivity contribution in [3.8, 4) is 0 Å². The Kier molecular flexibility index (Phi) is 4.00. The number of hydrogen-bond donors (Lipinski definition) is 0. The minimum atomic E-state index is 0.660. The van der Waals surface area contributed by atoms with E-state index in [-0.39, 0.29) is 0 Å². The van der Waals surface area contributed by atoms with E-state index in [0.29, 0.717) is 6.04 Å². The van der Waals surface area contributed by atoms with E-state index in [1.165, 1.54) is 49.9 Å². The van der Waals surface area contributed by atoms with Crippen molar-refractivity contribution in [3.05, 3.63) is 35.4 Å². The molecule has 1 aromatic carbocycles. The average Bonchev–Trinajstić information content (AvgIpc) is 2.53. The molecule has 1 aliphatic rings. The Morgan fingerprint density at radius 3 is 2.88 bits per heavy atom. The summed E-state index contributed by atoms with van der Waals surface area (Å²) in [6.07, 6.45) is 5.49. The van der Waals surface area contributed by atoms with E-state index in [1.807, 2.05) is 0 Å². The molecule has 0 amide bonds. The summed E-state index contributed by atoms with van der Waals surface area (Å²) in [6.45, 7) is 6.93. The first-order valence-corrected chi connectivity index (χ1v) is 6.62. The number of hydrogen-bond acceptors (Lipinski definition) is 1. The van der Waals surface area contributed by atoms with E-state index in [0.717, 1.165) is 0 Å². The van der Waals surface area contributed by atoms with Crippen LogP contribution in [-0.2, 0) is 0 Å². The molecule has 1 fully saturated rings. The first-order chi connectivity index (χ1) is 7.81. The second kappa shape index (κ2) is 5.49. The maximum absolute atomic E-state index is 2.64. The van der Waals surface area contributed by atoms with Crippen LogP contribution in [0.15, 0.2) is 24.3 Å². The molecule has 1 nitrogen and oxygen atoms in total. The highest BCUT2D eigenvalue weighted by Gasteiger charge is 2.20. The van der Waals surface area contributed by atoms with Crippen LogP contribution in [0.5, 0.6) is 0 Å². The van der Waals surface area contributed by atoms with Gasteiger partial charge < -0.3 is 0 Å². The standard InChI is InChI=1S/C15H23N/c1-3-16-11-6-4-5-10-15(16)14-9-7-8-13(2)12-14/h7-9,12,15H,3-6,10-11H2,1-2H3. The lowest BCUT2D eigenvalue weighted by molar-refractivity contribution is 0.212. The molecule has 0 radical (unpaired) electrons. The summed E-state index contributed by atoms with van der Waals surface area (Å²) in [5.74, 6) is 0. The quantitative estimate of drug-likeness (QED) is 0.725. The molecule has 1 heterocycles. The highest BCUT2D eigenvalue weighted by atomic mass is 15.1. The van der Waals surface area contributed by atoms with E-state index in [4.69, 9.17) is 0 Å². The molecule has 88 valence electrons. The minimum Gasteiger partial charge on any atom is -0.297 e. The molecule has 1 atom stereocenters. The average molecular weight is 217 g/mol. The van der Waals surface area contributed by atoms with Gasteiger partial charge in [0, 0.05) is 6.04 Å². The summed E-state index contributed by atoms with van der Waals surface area (Å²) in [7, 11) is 0. The molecule has 0 bridgehead atoms. The molecule has 2 rings (SSSR count). The Morgan fingerprint density at radius 1 is 1.25 bits per heavy atom. The molecule has 0 spiro atoms. The molecule has 1 aliphatic heterocycles. The van der Waals surface area contributed by atoms with Crippen LogP contribution in [0.4, 0.5) is 0 Å². The van der Waals surface area contributed by atoms with Gasteiger partial charge in [-0.15, -0.1) is 0 Å². The van der Waals surface area contributed by atoms with Crippen molar-refractivity contribution in [2.45, 2.75) is 45.6 Å². The molecule has 0 aromatic heterocycles. The smallest absolute Gasteiger partial charge is 0.0348 e. The molecular formula is C15H23N. The summed E-state index contributed by atoms with van der Waals surface area (Å²) >= 11 is 0. The van der Waals surface area contributed by atoms with Crippen LogP contribution in [0.3, 0.4) is 0 Å². The third-order valence-electron chi connectivity index (χ3n) is 3.70. The van der Waals surface area contributed by atoms with E-state index in [2.05, 4.69) is 43.0 Å². The van der Waals surface area contributed by atoms with Gasteiger partial charge in [0.25, 0.3) is 0 Å². The fourth-order valence-electron chi connectivity index (χ4n) is 2.80. The van der Waals surface area contributed by atoms with E-state index in [9.17, 15) is 0 Å². The van der Waals surface area contributed by atoms with Gasteiger partial charge in [0.05, 0.1) is 0 Å². The van der Waals surface area contributed by atoms with Crippen molar-refractivity contribution in [2.75, 3.05) is 13.1 Å². The molecule has 16 heavy (non-hydrogen) atoms. The molecular weight excluding hydrogens is 194 g/mol. The summed E-state index contributed by atoms with van der Waals surface area (Å²) in [6, 6.07) is 9.71. The van der Waals surface area contributed by atoms with Gasteiger partial charge in [0.2, 0.25) is 0 Å². The van der Waals surface area contributed by atoms with Crippen LogP contribution >= 0.6 is 0 Å². The SMILES string of the molecule is CCN1CCCCCC1c1cccc(C)c1. The van der Waals surface area contributed by atoms with Gasteiger partial charge in [-0.2, -0.15) is 0 Å². The summed E-state index contributed by atoms with van der Waals surface area (Å²) in [5, 5.41) is 0. The fourth-order valence-corrected chi connectivity index (χ4v) is 2.80. The van der Waals surface area contributed by atoms with Crippen LogP contribution < -0.4 is 0 Å². The third kappa shape index (κ3) is 2.65. The van der Waals surface area contributed by atoms with Crippen LogP contribution in [-0.4, -0.2) is 18.0 Å². The van der Waals surface area contributed by atoms with Gasteiger partial charge in [0.1, 0.15) is 0 Å². The summed E-state index contributed by atoms with van der Waals surface area (Å²) in [5.41, 5.74) is 2.90. The molecule has 0 aliphatic carbocycles. The largest absolute Gasteiger partial charge is 0.297 e. The maximum atomic E-state index is 2.64. The molecule has 1 unspecified atom stereocenters. The number of likely N-dealkylation sites (tertiary alicyclic amines) is 1. The number of aryl methyl sites for hydroxylation is 1. The Bertz CT molecular complexity index is 332. The predicted molar refractivity (Wildman–Crippen MR) is 69.6 cm³/mol. The lowest BCUT2D eigenvalue weighted by Crippen LogP contribution is -2.28. The zero-order valence-electron chi connectivity index (χ0n) is 10.6. The minimum absolute atomic E-state index is 0.660. The number of benzene rings is 1. The second-order valence-corrected chi connectivity index (χ2v) is 4.91. The van der Waals surface area contributed by atoms with Crippen molar-refractivity contribution < 1.29 is 0 Å². The molecule has 1 heteroatoms. The first-order valence-electron chi connectivity index (χ1n) is 6.62. The fraction of sp³-hybridized carbons (Fsp3) is 0.600. The van der Waals surface area contributed by atoms with Crippen molar-refractivity contribution in [1.82, 2.24) is 4.90 Å². The van der Waals surface area contributed by atoms with Gasteiger partial charge >= 0.3 is 0 Å². The van der Waals surface area contributed by atoms with Crippen molar-refractivity contribution in [1.29, 1.82) is 0 Å². The van der Waals surface area contributed by atoms with Gasteiger partial charge in [-0.25, -0.2) is 0 Å². The van der Waals surface area contributed by atoms with Gasteiger partial charge in [0.15, 0.2) is 0 Å². The van der Waals surface area contributed by atoms with Crippen molar-refractivity contribution in [3.63, 3.8) is 0 Å². The molecule has 0 N–H and O–H groups in total. The van der Waals surface area contributed by atoms with Gasteiger partial charge in [-0.05, 0) is 38.4 Å². The normalized spacial score (nSPS) is 23.0. The summed E-state index contributed by atoms with van der Waals surface area (Å²) in [4.78, 5) is 2.64. The lowest BCUT2D eigenvalue weighted by Gasteiger charge is -2.29. The molecule has 1 aromatic rings. The van der Waals surface area contributed by atoms with E-state index in [1.54, 1.807) is 0 Å². The Labute approximate surface area is 99.5 Å². The third-order valence-corrected chi connectivity index (χ3v) is 3.70. The second-order valence-electron chi connectivity index (χ2n) is 4.91. The molecule has 0 saturated carbocycles. The lowest BCUT2D eigenvalue weighted by atomic mass is 9.99. The van der Waals surface area contributed by atoms with Gasteiger partial charge in [-0.1, -0.05) is 49.6 Å². The van der Waals surface area contributed by atoms with Crippen LogP contribution in [0.2, 0.25) is 0 Å². The highest BCUT2D eigenvalue weighted by Crippen LogP contribution is 2.30. The Balaban J connectivity index is 2.21. The number of rotatable bonds is 2. The van der Waals surface area contributed by atoms with E-state index >= 15 is 0 Å². The number of nitrogens with zero attached hydrogens (tertiary/aromatic N) is 1. The highest BCUT2D eigenvalue weighted by molar-refractivity contribution is 5.25. The Hall–Kier alpha value is -0.820. The van der Waals surface area contributed by atoms with Crippen LogP contribution in [0.25, 0.3) is 0 Å². The first kappa shape index (κ1) is 11.7. The monoisotopic (exact) mass is 217 g/mol. The summed E-state index contributed by atoms with van der Waals surface area (Å²) < 4.78 is 0. The van der Waals surface area contributed by atoms with E-state index < -0.39 is 0 Å². The zero-order valence-corrected chi connectivity index (χ0v) is 10.6. The zero-order chi connectivity index (χ0) is 11.4. The topological polar surface area (TPSA) is 3.24 Å². The molecule has 1 saturated heterocycles. The van der Waals surface area contributed by atoms with Gasteiger partial charge in [-0.3, -0.25) is 4.90 Å². The van der Waals surface area contributed by atoms with Crippen molar-refractivity contribution >= 4 is 0 Å². The Morgan fingerprint density at radius 2 is 2.12 bits per heavy atom. The van der Waals surface area contributed by atoms with Crippen LogP contribution in [0.1, 0.15) is 49.8 Å². The maximum Gasteiger partial charge on any atom is 0.0348 e. The van der Waals surface area contributed by atoms with Crippen molar-refractivity contribution in [2.24, 2.45) is 0 Å².